The van der Waals surface area contributed by atoms with Gasteiger partial charge in [0.2, 0.25) is 0 Å². The molecule has 1 aromatic heterocycles. The number of para-hydroxylation sites is 1. The zero-order valence-corrected chi connectivity index (χ0v) is 14.8. The van der Waals surface area contributed by atoms with Crippen molar-refractivity contribution < 1.29 is 19.0 Å². The lowest BCUT2D eigenvalue weighted by Crippen LogP contribution is -2.16. The molecule has 1 aliphatic rings. The lowest BCUT2D eigenvalue weighted by Gasteiger charge is -2.20. The number of rotatable bonds is 5. The zero-order valence-electron chi connectivity index (χ0n) is 14.1. The van der Waals surface area contributed by atoms with Crippen molar-refractivity contribution in [1.29, 1.82) is 0 Å². The van der Waals surface area contributed by atoms with Crippen LogP contribution in [0.2, 0.25) is 5.02 Å². The standard InChI is InChI=1S/C20H18ClNO4/c21-16-9-13(10-18-20(16)25-8-7-24-18)12-26-19(23)6-5-14-11-22-17-4-2-1-3-15(14)17/h1-4,9-11,22H,5-8,12H2. The number of H-pyrrole nitrogens is 1. The van der Waals surface area contributed by atoms with Gasteiger partial charge < -0.3 is 19.2 Å². The highest BCUT2D eigenvalue weighted by Crippen LogP contribution is 2.38. The number of aromatic nitrogens is 1. The molecular weight excluding hydrogens is 354 g/mol. The van der Waals surface area contributed by atoms with E-state index in [1.807, 2.05) is 30.5 Å². The van der Waals surface area contributed by atoms with Crippen LogP contribution < -0.4 is 9.47 Å². The van der Waals surface area contributed by atoms with Gasteiger partial charge in [0.05, 0.1) is 5.02 Å². The minimum absolute atomic E-state index is 0.156. The zero-order chi connectivity index (χ0) is 17.9. The number of hydrogen-bond donors (Lipinski definition) is 1. The molecular formula is C20H18ClNO4. The Morgan fingerprint density at radius 1 is 1.19 bits per heavy atom. The first-order valence-corrected chi connectivity index (χ1v) is 8.87. The minimum Gasteiger partial charge on any atom is -0.486 e. The smallest absolute Gasteiger partial charge is 0.306 e. The molecule has 0 fully saturated rings. The largest absolute Gasteiger partial charge is 0.486 e. The second-order valence-corrected chi connectivity index (χ2v) is 6.53. The van der Waals surface area contributed by atoms with Crippen LogP contribution in [0.1, 0.15) is 17.5 Å². The first-order chi connectivity index (χ1) is 12.7. The molecule has 0 amide bonds. The van der Waals surface area contributed by atoms with Gasteiger partial charge in [0.25, 0.3) is 0 Å². The third kappa shape index (κ3) is 3.48. The van der Waals surface area contributed by atoms with Crippen LogP contribution in [0.3, 0.4) is 0 Å². The molecule has 2 aromatic carbocycles. The Kier molecular flexibility index (Phi) is 4.71. The number of ether oxygens (including phenoxy) is 3. The first-order valence-electron chi connectivity index (χ1n) is 8.49. The van der Waals surface area contributed by atoms with E-state index in [9.17, 15) is 4.79 Å². The molecule has 0 atom stereocenters. The van der Waals surface area contributed by atoms with Crippen molar-refractivity contribution in [3.8, 4) is 11.5 Å². The fourth-order valence-corrected chi connectivity index (χ4v) is 3.35. The lowest BCUT2D eigenvalue weighted by atomic mass is 10.1. The predicted molar refractivity (Wildman–Crippen MR) is 98.9 cm³/mol. The Balaban J connectivity index is 1.35. The monoisotopic (exact) mass is 371 g/mol. The maximum atomic E-state index is 12.1. The average molecular weight is 372 g/mol. The third-order valence-corrected chi connectivity index (χ3v) is 4.61. The van der Waals surface area contributed by atoms with E-state index in [4.69, 9.17) is 25.8 Å². The molecule has 0 radical (unpaired) electrons. The number of carbonyl (C=O) groups is 1. The first kappa shape index (κ1) is 16.8. The van der Waals surface area contributed by atoms with E-state index in [-0.39, 0.29) is 12.6 Å². The average Bonchev–Trinajstić information content (AvgIpc) is 3.08. The molecule has 2 heterocycles. The van der Waals surface area contributed by atoms with E-state index in [0.29, 0.717) is 42.6 Å². The van der Waals surface area contributed by atoms with E-state index in [0.717, 1.165) is 22.0 Å². The maximum Gasteiger partial charge on any atom is 0.306 e. The van der Waals surface area contributed by atoms with Gasteiger partial charge >= 0.3 is 5.97 Å². The van der Waals surface area contributed by atoms with Crippen LogP contribution in [-0.2, 0) is 22.6 Å². The Morgan fingerprint density at radius 2 is 2.04 bits per heavy atom. The van der Waals surface area contributed by atoms with Crippen molar-refractivity contribution in [2.24, 2.45) is 0 Å². The molecule has 26 heavy (non-hydrogen) atoms. The Labute approximate surface area is 155 Å². The molecule has 0 saturated carbocycles. The molecule has 1 N–H and O–H groups in total. The molecule has 5 nitrogen and oxygen atoms in total. The quantitative estimate of drug-likeness (QED) is 0.680. The summed E-state index contributed by atoms with van der Waals surface area (Å²) in [5.74, 6) is 0.891. The van der Waals surface area contributed by atoms with Gasteiger partial charge in [-0.15, -0.1) is 0 Å². The van der Waals surface area contributed by atoms with Crippen molar-refractivity contribution >= 4 is 28.5 Å². The summed E-state index contributed by atoms with van der Waals surface area (Å²) in [6.45, 7) is 1.12. The Morgan fingerprint density at radius 3 is 2.96 bits per heavy atom. The molecule has 6 heteroatoms. The summed E-state index contributed by atoms with van der Waals surface area (Å²) in [4.78, 5) is 15.3. The van der Waals surface area contributed by atoms with Crippen molar-refractivity contribution in [3.05, 3.63) is 58.7 Å². The number of halogens is 1. The number of aromatic amines is 1. The number of fused-ring (bicyclic) bond motifs is 2. The highest BCUT2D eigenvalue weighted by Gasteiger charge is 2.17. The van der Waals surface area contributed by atoms with Gasteiger partial charge in [0.1, 0.15) is 19.8 Å². The minimum atomic E-state index is -0.249. The van der Waals surface area contributed by atoms with E-state index in [2.05, 4.69) is 4.98 Å². The van der Waals surface area contributed by atoms with Gasteiger partial charge in [-0.25, -0.2) is 0 Å². The Hall–Kier alpha value is -2.66. The maximum absolute atomic E-state index is 12.1. The highest BCUT2D eigenvalue weighted by molar-refractivity contribution is 6.32. The lowest BCUT2D eigenvalue weighted by molar-refractivity contribution is -0.144. The van der Waals surface area contributed by atoms with Gasteiger partial charge in [0.15, 0.2) is 11.5 Å². The topological polar surface area (TPSA) is 60.6 Å². The van der Waals surface area contributed by atoms with Crippen molar-refractivity contribution in [3.63, 3.8) is 0 Å². The molecule has 134 valence electrons. The number of nitrogens with one attached hydrogen (secondary N) is 1. The summed E-state index contributed by atoms with van der Waals surface area (Å²) in [6.07, 6.45) is 2.89. The third-order valence-electron chi connectivity index (χ3n) is 4.33. The molecule has 3 aromatic rings. The normalized spacial score (nSPS) is 13.0. The number of aryl methyl sites for hydroxylation is 1. The van der Waals surface area contributed by atoms with Crippen LogP contribution in [0.4, 0.5) is 0 Å². The highest BCUT2D eigenvalue weighted by atomic mass is 35.5. The molecule has 0 spiro atoms. The van der Waals surface area contributed by atoms with Crippen molar-refractivity contribution in [2.75, 3.05) is 13.2 Å². The number of carbonyl (C=O) groups excluding carboxylic acids is 1. The molecule has 0 saturated heterocycles. The summed E-state index contributed by atoms with van der Waals surface area (Å²) in [7, 11) is 0. The summed E-state index contributed by atoms with van der Waals surface area (Å²) in [5.41, 5.74) is 2.96. The number of hydrogen-bond acceptors (Lipinski definition) is 4. The van der Waals surface area contributed by atoms with Crippen molar-refractivity contribution in [2.45, 2.75) is 19.4 Å². The van der Waals surface area contributed by atoms with E-state index in [1.165, 1.54) is 0 Å². The van der Waals surface area contributed by atoms with Crippen LogP contribution in [-0.4, -0.2) is 24.2 Å². The summed E-state index contributed by atoms with van der Waals surface area (Å²) < 4.78 is 16.4. The molecule has 0 aliphatic carbocycles. The predicted octanol–water partition coefficient (Wildman–Crippen LogP) is 4.27. The Bertz CT molecular complexity index is 950. The number of benzene rings is 2. The van der Waals surface area contributed by atoms with Gasteiger partial charge in [-0.05, 0) is 35.7 Å². The van der Waals surface area contributed by atoms with E-state index >= 15 is 0 Å². The fraction of sp³-hybridized carbons (Fsp3) is 0.250. The van der Waals surface area contributed by atoms with Gasteiger partial charge in [0, 0.05) is 23.5 Å². The summed E-state index contributed by atoms with van der Waals surface area (Å²) in [5, 5.41) is 1.60. The fourth-order valence-electron chi connectivity index (χ4n) is 3.06. The van der Waals surface area contributed by atoms with Gasteiger partial charge in [-0.1, -0.05) is 29.8 Å². The van der Waals surface area contributed by atoms with Crippen LogP contribution in [0, 0.1) is 0 Å². The summed E-state index contributed by atoms with van der Waals surface area (Å²) >= 11 is 6.20. The second-order valence-electron chi connectivity index (χ2n) is 6.12. The van der Waals surface area contributed by atoms with Crippen LogP contribution in [0.5, 0.6) is 11.5 Å². The number of esters is 1. The molecule has 1 aliphatic heterocycles. The van der Waals surface area contributed by atoms with E-state index < -0.39 is 0 Å². The molecule has 0 unspecified atom stereocenters. The van der Waals surface area contributed by atoms with Crippen LogP contribution in [0.25, 0.3) is 10.9 Å². The van der Waals surface area contributed by atoms with E-state index in [1.54, 1.807) is 12.1 Å². The summed E-state index contributed by atoms with van der Waals surface area (Å²) in [6, 6.07) is 11.6. The van der Waals surface area contributed by atoms with Gasteiger partial charge in [-0.3, -0.25) is 4.79 Å². The molecule has 0 bridgehead atoms. The molecule has 4 rings (SSSR count). The van der Waals surface area contributed by atoms with Crippen LogP contribution >= 0.6 is 11.6 Å². The second kappa shape index (κ2) is 7.30. The van der Waals surface area contributed by atoms with Crippen molar-refractivity contribution in [1.82, 2.24) is 4.98 Å². The van der Waals surface area contributed by atoms with Crippen LogP contribution in [0.15, 0.2) is 42.6 Å². The van der Waals surface area contributed by atoms with Gasteiger partial charge in [-0.2, -0.15) is 0 Å². The SMILES string of the molecule is O=C(CCc1c[nH]c2ccccc12)OCc1cc(Cl)c2c(c1)OCCO2.